The van der Waals surface area contributed by atoms with Crippen LogP contribution in [0.2, 0.25) is 0 Å². The van der Waals surface area contributed by atoms with Gasteiger partial charge in [0.25, 0.3) is 0 Å². The van der Waals surface area contributed by atoms with E-state index in [1.807, 2.05) is 0 Å². The van der Waals surface area contributed by atoms with E-state index in [0.717, 1.165) is 45.1 Å². The first-order valence-corrected chi connectivity index (χ1v) is 8.59. The van der Waals surface area contributed by atoms with Crippen LogP contribution in [0.15, 0.2) is 0 Å². The summed E-state index contributed by atoms with van der Waals surface area (Å²) in [6, 6.07) is 1.18. The molecule has 1 saturated heterocycles. The Morgan fingerprint density at radius 1 is 0.952 bits per heavy atom. The molecule has 21 heavy (non-hydrogen) atoms. The van der Waals surface area contributed by atoms with Gasteiger partial charge in [-0.3, -0.25) is 14.6 Å². The number of aliphatic carboxylic acids is 1. The lowest BCUT2D eigenvalue weighted by molar-refractivity contribution is -0.145. The second-order valence-electron chi connectivity index (χ2n) is 7.22. The van der Waals surface area contributed by atoms with E-state index in [1.165, 1.54) is 25.7 Å². The fourth-order valence-corrected chi connectivity index (χ4v) is 4.52. The molecule has 3 fully saturated rings. The van der Waals surface area contributed by atoms with Crippen LogP contribution in [-0.2, 0) is 4.79 Å². The van der Waals surface area contributed by atoms with Crippen molar-refractivity contribution in [3.05, 3.63) is 0 Å². The molecule has 0 aromatic rings. The summed E-state index contributed by atoms with van der Waals surface area (Å²) >= 11 is 0. The van der Waals surface area contributed by atoms with Crippen LogP contribution in [0.4, 0.5) is 0 Å². The van der Waals surface area contributed by atoms with Gasteiger partial charge in [0.15, 0.2) is 0 Å². The minimum absolute atomic E-state index is 0.366. The van der Waals surface area contributed by atoms with E-state index in [4.69, 9.17) is 5.73 Å². The Morgan fingerprint density at radius 2 is 1.48 bits per heavy atom. The number of carboxylic acid groups (broad SMARTS) is 1. The fourth-order valence-electron chi connectivity index (χ4n) is 4.52. The van der Waals surface area contributed by atoms with E-state index < -0.39 is 11.5 Å². The molecular formula is C16H29N3O2. The van der Waals surface area contributed by atoms with Crippen LogP contribution in [0.3, 0.4) is 0 Å². The Balaban J connectivity index is 1.53. The van der Waals surface area contributed by atoms with Gasteiger partial charge in [0, 0.05) is 38.3 Å². The van der Waals surface area contributed by atoms with Gasteiger partial charge < -0.3 is 10.8 Å². The Morgan fingerprint density at radius 3 is 2.05 bits per heavy atom. The van der Waals surface area contributed by atoms with Gasteiger partial charge in [-0.2, -0.15) is 0 Å². The number of hydrogen-bond acceptors (Lipinski definition) is 4. The van der Waals surface area contributed by atoms with Crippen LogP contribution in [0.5, 0.6) is 0 Å². The van der Waals surface area contributed by atoms with Crippen molar-refractivity contribution in [1.82, 2.24) is 9.80 Å². The van der Waals surface area contributed by atoms with Crippen molar-refractivity contribution in [3.8, 4) is 0 Å². The third-order valence-corrected chi connectivity index (χ3v) is 5.89. The van der Waals surface area contributed by atoms with E-state index in [9.17, 15) is 9.90 Å². The monoisotopic (exact) mass is 295 g/mol. The topological polar surface area (TPSA) is 69.8 Å². The van der Waals surface area contributed by atoms with Crippen molar-refractivity contribution < 1.29 is 9.90 Å². The van der Waals surface area contributed by atoms with Gasteiger partial charge in [0.2, 0.25) is 0 Å². The Hall–Kier alpha value is -0.650. The molecule has 5 nitrogen and oxygen atoms in total. The molecule has 1 aliphatic heterocycles. The Labute approximate surface area is 127 Å². The van der Waals surface area contributed by atoms with Crippen LogP contribution >= 0.6 is 0 Å². The number of nitrogens with two attached hydrogens (primary N) is 1. The maximum absolute atomic E-state index is 11.4. The lowest BCUT2D eigenvalue weighted by Gasteiger charge is -2.45. The smallest absolute Gasteiger partial charge is 0.323 e. The average Bonchev–Trinajstić information content (AvgIpc) is 3.01. The summed E-state index contributed by atoms with van der Waals surface area (Å²) in [4.78, 5) is 16.5. The first-order valence-electron chi connectivity index (χ1n) is 8.59. The van der Waals surface area contributed by atoms with Gasteiger partial charge in [-0.15, -0.1) is 0 Å². The third kappa shape index (κ3) is 3.25. The molecule has 3 rings (SSSR count). The number of carbonyl (C=O) groups is 1. The molecule has 120 valence electrons. The molecule has 3 N–H and O–H groups in total. The fraction of sp³-hybridized carbons (Fsp3) is 0.938. The average molecular weight is 295 g/mol. The van der Waals surface area contributed by atoms with Crippen LogP contribution in [0, 0.1) is 0 Å². The highest BCUT2D eigenvalue weighted by molar-refractivity contribution is 5.78. The normalized spacial score (nSPS) is 36.9. The lowest BCUT2D eigenvalue weighted by atomic mass is 9.79. The van der Waals surface area contributed by atoms with Crippen LogP contribution in [0.25, 0.3) is 0 Å². The summed E-state index contributed by atoms with van der Waals surface area (Å²) in [7, 11) is 0. The molecule has 2 unspecified atom stereocenters. The van der Waals surface area contributed by atoms with E-state index in [2.05, 4.69) is 9.80 Å². The second kappa shape index (κ2) is 6.23. The van der Waals surface area contributed by atoms with Gasteiger partial charge in [0.05, 0.1) is 0 Å². The quantitative estimate of drug-likeness (QED) is 0.820. The molecular weight excluding hydrogens is 266 g/mol. The molecule has 0 amide bonds. The summed E-state index contributed by atoms with van der Waals surface area (Å²) in [6.07, 6.45) is 8.81. The first-order chi connectivity index (χ1) is 10.1. The van der Waals surface area contributed by atoms with Crippen molar-refractivity contribution >= 4 is 5.97 Å². The minimum Gasteiger partial charge on any atom is -0.480 e. The van der Waals surface area contributed by atoms with Crippen molar-refractivity contribution in [1.29, 1.82) is 0 Å². The molecule has 0 spiro atoms. The summed E-state index contributed by atoms with van der Waals surface area (Å²) in [5, 5.41) is 9.35. The van der Waals surface area contributed by atoms with Crippen molar-refractivity contribution in [2.45, 2.75) is 69.0 Å². The van der Waals surface area contributed by atoms with E-state index in [1.54, 1.807) is 0 Å². The zero-order valence-corrected chi connectivity index (χ0v) is 13.0. The molecule has 0 aromatic heterocycles. The zero-order chi connectivity index (χ0) is 14.9. The highest BCUT2D eigenvalue weighted by atomic mass is 16.4. The van der Waals surface area contributed by atoms with Crippen LogP contribution < -0.4 is 5.73 Å². The predicted molar refractivity (Wildman–Crippen MR) is 82.2 cm³/mol. The van der Waals surface area contributed by atoms with Gasteiger partial charge >= 0.3 is 5.97 Å². The van der Waals surface area contributed by atoms with Crippen LogP contribution in [0.1, 0.15) is 51.4 Å². The van der Waals surface area contributed by atoms with Crippen molar-refractivity contribution in [2.75, 3.05) is 26.2 Å². The molecule has 0 bridgehead atoms. The highest BCUT2D eigenvalue weighted by Crippen LogP contribution is 2.31. The lowest BCUT2D eigenvalue weighted by Crippen LogP contribution is -2.59. The molecule has 1 heterocycles. The Bertz CT molecular complexity index is 376. The van der Waals surface area contributed by atoms with Gasteiger partial charge in [-0.1, -0.05) is 12.8 Å². The van der Waals surface area contributed by atoms with Crippen molar-refractivity contribution in [3.63, 3.8) is 0 Å². The maximum atomic E-state index is 11.4. The molecule has 2 aliphatic carbocycles. The van der Waals surface area contributed by atoms with E-state index in [-0.39, 0.29) is 0 Å². The van der Waals surface area contributed by atoms with Crippen LogP contribution in [-0.4, -0.2) is 64.7 Å². The zero-order valence-electron chi connectivity index (χ0n) is 13.0. The largest absolute Gasteiger partial charge is 0.480 e. The number of hydrogen-bond donors (Lipinski definition) is 2. The molecule has 0 radical (unpaired) electrons. The minimum atomic E-state index is -0.995. The van der Waals surface area contributed by atoms with E-state index >= 15 is 0 Å². The summed E-state index contributed by atoms with van der Waals surface area (Å²) < 4.78 is 0. The standard InChI is InChI=1S/C16H29N3O2/c17-16(15(20)21)7-3-6-14(12-16)19-10-8-18(9-11-19)13-4-1-2-5-13/h13-14H,1-12,17H2,(H,20,21). The predicted octanol–water partition coefficient (Wildman–Crippen LogP) is 1.27. The molecule has 0 aromatic carbocycles. The Kier molecular flexibility index (Phi) is 4.52. The number of nitrogens with zero attached hydrogens (tertiary/aromatic N) is 2. The SMILES string of the molecule is NC1(C(=O)O)CCCC(N2CCN(C3CCCC3)CC2)C1. The van der Waals surface area contributed by atoms with Gasteiger partial charge in [-0.25, -0.2) is 0 Å². The summed E-state index contributed by atoms with van der Waals surface area (Å²) in [6.45, 7) is 4.45. The molecule has 3 aliphatic rings. The first kappa shape index (κ1) is 15.3. The molecule has 2 saturated carbocycles. The van der Waals surface area contributed by atoms with Crippen molar-refractivity contribution in [2.24, 2.45) is 5.73 Å². The van der Waals surface area contributed by atoms with Gasteiger partial charge in [-0.05, 0) is 38.5 Å². The molecule has 5 heteroatoms. The third-order valence-electron chi connectivity index (χ3n) is 5.89. The number of piperazine rings is 1. The number of rotatable bonds is 3. The highest BCUT2D eigenvalue weighted by Gasteiger charge is 2.41. The second-order valence-corrected chi connectivity index (χ2v) is 7.22. The maximum Gasteiger partial charge on any atom is 0.323 e. The van der Waals surface area contributed by atoms with Gasteiger partial charge in [0.1, 0.15) is 5.54 Å². The summed E-state index contributed by atoms with van der Waals surface area (Å²) in [5.41, 5.74) is 5.09. The molecule has 2 atom stereocenters. The van der Waals surface area contributed by atoms with E-state index in [0.29, 0.717) is 18.9 Å². The number of carboxylic acids is 1. The summed E-state index contributed by atoms with van der Waals surface area (Å²) in [5.74, 6) is -0.822.